The average Bonchev–Trinajstić information content (AvgIpc) is 2.48. The maximum absolute atomic E-state index is 11.3. The van der Waals surface area contributed by atoms with E-state index in [1.807, 2.05) is 0 Å². The molecule has 1 saturated carbocycles. The Morgan fingerprint density at radius 1 is 1.62 bits per heavy atom. The molecule has 2 atom stereocenters. The molecule has 0 amide bonds. The van der Waals surface area contributed by atoms with Crippen molar-refractivity contribution in [3.05, 3.63) is 0 Å². The molecule has 0 saturated heterocycles. The van der Waals surface area contributed by atoms with Gasteiger partial charge in [0.25, 0.3) is 0 Å². The monoisotopic (exact) mass is 260 g/mol. The molecule has 0 aliphatic heterocycles. The van der Waals surface area contributed by atoms with Gasteiger partial charge in [0.2, 0.25) is 0 Å². The van der Waals surface area contributed by atoms with Crippen molar-refractivity contribution in [3.8, 4) is 0 Å². The number of carbonyl (C=O) groups excluding carboxylic acids is 1. The van der Waals surface area contributed by atoms with Crippen molar-refractivity contribution in [1.29, 1.82) is 0 Å². The topological polar surface area (TPSA) is 104 Å². The van der Waals surface area contributed by atoms with Crippen molar-refractivity contribution in [2.24, 2.45) is 5.92 Å². The Balaban J connectivity index is 0.00000225. The molecular formula is C8H13NaO6S. The third-order valence-electron chi connectivity index (χ3n) is 2.58. The summed E-state index contributed by atoms with van der Waals surface area (Å²) in [5.41, 5.74) is 0. The standard InChI is InChI=1S/C8H14O6S.Na/c1-2-14-7(9)6-4-3-5-8(6,10)15(11,12)13;/h6,10H,2-5H2,1H3,(H,11,12,13);/q;+1/p-1. The van der Waals surface area contributed by atoms with Gasteiger partial charge in [0, 0.05) is 0 Å². The van der Waals surface area contributed by atoms with Crippen molar-refractivity contribution in [1.82, 2.24) is 0 Å². The van der Waals surface area contributed by atoms with Crippen LogP contribution in [0.1, 0.15) is 26.2 Å². The van der Waals surface area contributed by atoms with Crippen LogP contribution in [0.2, 0.25) is 0 Å². The molecule has 0 aromatic rings. The van der Waals surface area contributed by atoms with Gasteiger partial charge in [-0.1, -0.05) is 0 Å². The zero-order chi connectivity index (χ0) is 11.7. The summed E-state index contributed by atoms with van der Waals surface area (Å²) in [5, 5.41) is 9.68. The summed E-state index contributed by atoms with van der Waals surface area (Å²) in [5.74, 6) is -2.07. The fourth-order valence-electron chi connectivity index (χ4n) is 1.80. The minimum Gasteiger partial charge on any atom is -0.746 e. The van der Waals surface area contributed by atoms with E-state index < -0.39 is 26.9 Å². The van der Waals surface area contributed by atoms with Crippen LogP contribution in [-0.2, 0) is 19.6 Å². The number of rotatable bonds is 3. The fourth-order valence-corrected chi connectivity index (χ4v) is 2.76. The Morgan fingerprint density at radius 3 is 2.62 bits per heavy atom. The molecule has 88 valence electrons. The SMILES string of the molecule is CCOC(=O)C1CCCC1(O)S(=O)(=O)[O-].[Na+]. The van der Waals surface area contributed by atoms with Crippen LogP contribution in [0.3, 0.4) is 0 Å². The van der Waals surface area contributed by atoms with E-state index in [1.165, 1.54) is 0 Å². The number of hydrogen-bond donors (Lipinski definition) is 1. The van der Waals surface area contributed by atoms with Crippen LogP contribution in [0.15, 0.2) is 0 Å². The fraction of sp³-hybridized carbons (Fsp3) is 0.875. The minimum absolute atomic E-state index is 0. The molecule has 0 spiro atoms. The van der Waals surface area contributed by atoms with Crippen molar-refractivity contribution >= 4 is 16.1 Å². The first kappa shape index (κ1) is 16.3. The third kappa shape index (κ3) is 2.96. The van der Waals surface area contributed by atoms with E-state index in [1.54, 1.807) is 6.92 Å². The molecule has 1 aliphatic rings. The molecule has 1 aliphatic carbocycles. The summed E-state index contributed by atoms with van der Waals surface area (Å²) in [7, 11) is -4.91. The molecule has 0 aromatic heterocycles. The van der Waals surface area contributed by atoms with Crippen LogP contribution in [0.5, 0.6) is 0 Å². The number of esters is 1. The second kappa shape index (κ2) is 5.79. The van der Waals surface area contributed by atoms with Gasteiger partial charge in [-0.3, -0.25) is 4.79 Å². The number of aliphatic hydroxyl groups is 1. The van der Waals surface area contributed by atoms with Gasteiger partial charge in [0.1, 0.15) is 10.1 Å². The van der Waals surface area contributed by atoms with Crippen molar-refractivity contribution in [2.75, 3.05) is 6.61 Å². The van der Waals surface area contributed by atoms with Gasteiger partial charge in [-0.05, 0) is 26.2 Å². The molecule has 0 bridgehead atoms. The van der Waals surface area contributed by atoms with E-state index in [0.717, 1.165) is 0 Å². The van der Waals surface area contributed by atoms with Crippen LogP contribution < -0.4 is 29.6 Å². The maximum Gasteiger partial charge on any atom is 1.00 e. The quantitative estimate of drug-likeness (QED) is 0.322. The Morgan fingerprint density at radius 2 is 2.19 bits per heavy atom. The van der Waals surface area contributed by atoms with Crippen LogP contribution in [-0.4, -0.2) is 35.6 Å². The summed E-state index contributed by atoms with van der Waals surface area (Å²) >= 11 is 0. The van der Waals surface area contributed by atoms with E-state index in [9.17, 15) is 22.9 Å². The van der Waals surface area contributed by atoms with E-state index in [4.69, 9.17) is 0 Å². The Labute approximate surface area is 116 Å². The molecule has 6 nitrogen and oxygen atoms in total. The first-order valence-electron chi connectivity index (χ1n) is 4.67. The zero-order valence-corrected chi connectivity index (χ0v) is 12.1. The molecule has 0 heterocycles. The van der Waals surface area contributed by atoms with Crippen LogP contribution >= 0.6 is 0 Å². The minimum atomic E-state index is -4.91. The summed E-state index contributed by atoms with van der Waals surface area (Å²) in [6.45, 7) is 1.65. The predicted molar refractivity (Wildman–Crippen MR) is 48.6 cm³/mol. The van der Waals surface area contributed by atoms with E-state index in [2.05, 4.69) is 4.74 Å². The molecule has 8 heteroatoms. The van der Waals surface area contributed by atoms with Crippen molar-refractivity contribution < 1.29 is 57.2 Å². The molecule has 1 N–H and O–H groups in total. The molecule has 16 heavy (non-hydrogen) atoms. The first-order chi connectivity index (χ1) is 6.83. The molecule has 1 fully saturated rings. The summed E-state index contributed by atoms with van der Waals surface area (Å²) in [4.78, 5) is 8.84. The van der Waals surface area contributed by atoms with Gasteiger partial charge in [-0.15, -0.1) is 0 Å². The largest absolute Gasteiger partial charge is 1.00 e. The van der Waals surface area contributed by atoms with E-state index in [-0.39, 0.29) is 49.0 Å². The van der Waals surface area contributed by atoms with Gasteiger partial charge in [0.15, 0.2) is 4.93 Å². The van der Waals surface area contributed by atoms with Crippen molar-refractivity contribution in [3.63, 3.8) is 0 Å². The second-order valence-electron chi connectivity index (χ2n) is 3.50. The molecule has 2 unspecified atom stereocenters. The summed E-state index contributed by atoms with van der Waals surface area (Å²) in [6, 6.07) is 0. The first-order valence-corrected chi connectivity index (χ1v) is 6.08. The van der Waals surface area contributed by atoms with Crippen LogP contribution in [0.4, 0.5) is 0 Å². The van der Waals surface area contributed by atoms with Gasteiger partial charge in [-0.2, -0.15) is 0 Å². The summed E-state index contributed by atoms with van der Waals surface area (Å²) < 4.78 is 37.2. The van der Waals surface area contributed by atoms with E-state index >= 15 is 0 Å². The Kier molecular flexibility index (Phi) is 5.91. The summed E-state index contributed by atoms with van der Waals surface area (Å²) in [6.07, 6.45) is 0.278. The second-order valence-corrected chi connectivity index (χ2v) is 5.11. The van der Waals surface area contributed by atoms with Gasteiger partial charge in [-0.25, -0.2) is 8.42 Å². The zero-order valence-electron chi connectivity index (χ0n) is 9.30. The molecule has 0 aromatic carbocycles. The Hall–Kier alpha value is 0.340. The average molecular weight is 260 g/mol. The third-order valence-corrected chi connectivity index (χ3v) is 3.93. The normalized spacial score (nSPS) is 29.6. The maximum atomic E-state index is 11.3. The smallest absolute Gasteiger partial charge is 0.746 e. The Bertz CT molecular complexity index is 354. The molecular weight excluding hydrogens is 247 g/mol. The van der Waals surface area contributed by atoms with Crippen LogP contribution in [0, 0.1) is 5.92 Å². The number of ether oxygens (including phenoxy) is 1. The van der Waals surface area contributed by atoms with Crippen molar-refractivity contribution in [2.45, 2.75) is 31.1 Å². The van der Waals surface area contributed by atoms with Gasteiger partial charge < -0.3 is 14.4 Å². The predicted octanol–water partition coefficient (Wildman–Crippen LogP) is -3.41. The van der Waals surface area contributed by atoms with Crippen LogP contribution in [0.25, 0.3) is 0 Å². The molecule has 1 rings (SSSR count). The van der Waals surface area contributed by atoms with Gasteiger partial charge >= 0.3 is 35.5 Å². The van der Waals surface area contributed by atoms with E-state index in [0.29, 0.717) is 6.42 Å². The number of carbonyl (C=O) groups is 1. The molecule has 0 radical (unpaired) electrons. The van der Waals surface area contributed by atoms with Gasteiger partial charge in [0.05, 0.1) is 12.5 Å². The number of hydrogen-bond acceptors (Lipinski definition) is 6.